The predicted molar refractivity (Wildman–Crippen MR) is 85.9 cm³/mol. The Balaban J connectivity index is 1.75. The molecule has 134 valence electrons. The SMILES string of the molecule is CN1CCN(C)[C@@H](CNC(=O)N2CCCN(CC(F)F)CC2)C1. The molecule has 2 amide bonds. The average Bonchev–Trinajstić information content (AvgIpc) is 2.73. The van der Waals surface area contributed by atoms with Gasteiger partial charge in [-0.1, -0.05) is 0 Å². The number of rotatable bonds is 4. The minimum absolute atomic E-state index is 0.0782. The quantitative estimate of drug-likeness (QED) is 0.799. The number of carbonyl (C=O) groups excluding carboxylic acids is 1. The molecule has 0 radical (unpaired) electrons. The van der Waals surface area contributed by atoms with Crippen LogP contribution in [0, 0.1) is 0 Å². The van der Waals surface area contributed by atoms with Crippen molar-refractivity contribution in [2.75, 3.05) is 73.0 Å². The zero-order valence-corrected chi connectivity index (χ0v) is 14.2. The van der Waals surface area contributed by atoms with Gasteiger partial charge >= 0.3 is 6.03 Å². The van der Waals surface area contributed by atoms with Gasteiger partial charge in [0, 0.05) is 58.4 Å². The molecular weight excluding hydrogens is 304 g/mol. The molecule has 2 aliphatic heterocycles. The summed E-state index contributed by atoms with van der Waals surface area (Å²) < 4.78 is 24.9. The van der Waals surface area contributed by atoms with Gasteiger partial charge in [-0.2, -0.15) is 0 Å². The van der Waals surface area contributed by atoms with Crippen LogP contribution in [0.15, 0.2) is 0 Å². The van der Waals surface area contributed by atoms with Gasteiger partial charge in [0.05, 0.1) is 6.54 Å². The summed E-state index contributed by atoms with van der Waals surface area (Å²) in [5, 5.41) is 3.01. The number of hydrogen-bond acceptors (Lipinski definition) is 4. The number of hydrogen-bond donors (Lipinski definition) is 1. The molecular formula is C15H29F2N5O. The van der Waals surface area contributed by atoms with Crippen LogP contribution in [0.3, 0.4) is 0 Å². The van der Waals surface area contributed by atoms with E-state index in [1.165, 1.54) is 0 Å². The van der Waals surface area contributed by atoms with E-state index >= 15 is 0 Å². The van der Waals surface area contributed by atoms with Crippen molar-refractivity contribution < 1.29 is 13.6 Å². The van der Waals surface area contributed by atoms with Gasteiger partial charge < -0.3 is 15.1 Å². The zero-order chi connectivity index (χ0) is 16.8. The number of nitrogens with zero attached hydrogens (tertiary/aromatic N) is 4. The summed E-state index contributed by atoms with van der Waals surface area (Å²) in [6, 6.07) is 0.241. The first-order valence-corrected chi connectivity index (χ1v) is 8.37. The van der Waals surface area contributed by atoms with Crippen LogP contribution in [-0.2, 0) is 0 Å². The summed E-state index contributed by atoms with van der Waals surface area (Å²) in [4.78, 5) is 20.4. The topological polar surface area (TPSA) is 42.1 Å². The maximum atomic E-state index is 12.5. The Morgan fingerprint density at radius 3 is 2.65 bits per heavy atom. The molecule has 2 heterocycles. The number of alkyl halides is 2. The minimum Gasteiger partial charge on any atom is -0.336 e. The summed E-state index contributed by atoms with van der Waals surface area (Å²) >= 11 is 0. The number of likely N-dealkylation sites (N-methyl/N-ethyl adjacent to an activating group) is 2. The Hall–Kier alpha value is -0.990. The van der Waals surface area contributed by atoms with Gasteiger partial charge in [-0.05, 0) is 20.5 Å². The molecule has 23 heavy (non-hydrogen) atoms. The van der Waals surface area contributed by atoms with E-state index in [9.17, 15) is 13.6 Å². The summed E-state index contributed by atoms with van der Waals surface area (Å²) in [7, 11) is 4.17. The van der Waals surface area contributed by atoms with Crippen LogP contribution < -0.4 is 5.32 Å². The first kappa shape index (κ1) is 18.4. The molecule has 0 bridgehead atoms. The Labute approximate surface area is 137 Å². The fraction of sp³-hybridized carbons (Fsp3) is 0.933. The first-order valence-electron chi connectivity index (χ1n) is 8.37. The number of nitrogens with one attached hydrogen (secondary N) is 1. The van der Waals surface area contributed by atoms with Crippen LogP contribution in [0.4, 0.5) is 13.6 Å². The van der Waals surface area contributed by atoms with Crippen molar-refractivity contribution in [3.05, 3.63) is 0 Å². The maximum Gasteiger partial charge on any atom is 0.317 e. The van der Waals surface area contributed by atoms with Crippen LogP contribution in [0.2, 0.25) is 0 Å². The van der Waals surface area contributed by atoms with E-state index in [1.807, 2.05) is 0 Å². The van der Waals surface area contributed by atoms with Crippen molar-refractivity contribution in [1.82, 2.24) is 24.9 Å². The summed E-state index contributed by atoms with van der Waals surface area (Å²) in [6.45, 7) is 5.71. The fourth-order valence-electron chi connectivity index (χ4n) is 3.19. The largest absolute Gasteiger partial charge is 0.336 e. The average molecular weight is 333 g/mol. The highest BCUT2D eigenvalue weighted by Gasteiger charge is 2.24. The van der Waals surface area contributed by atoms with E-state index in [0.29, 0.717) is 38.8 Å². The third kappa shape index (κ3) is 5.86. The Bertz CT molecular complexity index is 385. The van der Waals surface area contributed by atoms with E-state index in [1.54, 1.807) is 9.80 Å². The highest BCUT2D eigenvalue weighted by molar-refractivity contribution is 5.74. The molecule has 2 aliphatic rings. The number of halogens is 2. The lowest BCUT2D eigenvalue weighted by atomic mass is 10.2. The van der Waals surface area contributed by atoms with Crippen molar-refractivity contribution in [1.29, 1.82) is 0 Å². The third-order valence-corrected chi connectivity index (χ3v) is 4.74. The lowest BCUT2D eigenvalue weighted by molar-refractivity contribution is 0.0902. The van der Waals surface area contributed by atoms with Gasteiger partial charge in [0.2, 0.25) is 0 Å². The molecule has 2 fully saturated rings. The molecule has 1 N–H and O–H groups in total. The Morgan fingerprint density at radius 1 is 1.13 bits per heavy atom. The summed E-state index contributed by atoms with van der Waals surface area (Å²) in [5.41, 5.74) is 0. The molecule has 0 spiro atoms. The lowest BCUT2D eigenvalue weighted by Gasteiger charge is -2.38. The summed E-state index contributed by atoms with van der Waals surface area (Å²) in [5.74, 6) is 0. The number of urea groups is 1. The van der Waals surface area contributed by atoms with Crippen LogP contribution in [0.25, 0.3) is 0 Å². The highest BCUT2D eigenvalue weighted by atomic mass is 19.3. The molecule has 8 heteroatoms. The van der Waals surface area contributed by atoms with Gasteiger partial charge in [0.25, 0.3) is 6.43 Å². The lowest BCUT2D eigenvalue weighted by Crippen LogP contribution is -2.55. The molecule has 0 aliphatic carbocycles. The van der Waals surface area contributed by atoms with Crippen molar-refractivity contribution in [2.45, 2.75) is 18.9 Å². The van der Waals surface area contributed by atoms with Crippen LogP contribution in [-0.4, -0.2) is 111 Å². The number of amides is 2. The van der Waals surface area contributed by atoms with Crippen molar-refractivity contribution in [2.24, 2.45) is 0 Å². The predicted octanol–water partition coefficient (Wildman–Crippen LogP) is 0.215. The molecule has 6 nitrogen and oxygen atoms in total. The maximum absolute atomic E-state index is 12.5. The second-order valence-corrected chi connectivity index (χ2v) is 6.62. The van der Waals surface area contributed by atoms with E-state index in [2.05, 4.69) is 29.2 Å². The van der Waals surface area contributed by atoms with E-state index < -0.39 is 6.43 Å². The third-order valence-electron chi connectivity index (χ3n) is 4.74. The smallest absolute Gasteiger partial charge is 0.317 e. The first-order chi connectivity index (χ1) is 11.0. The van der Waals surface area contributed by atoms with Gasteiger partial charge in [-0.3, -0.25) is 9.80 Å². The Kier molecular flexibility index (Phi) is 6.98. The fourth-order valence-corrected chi connectivity index (χ4v) is 3.19. The monoisotopic (exact) mass is 333 g/mol. The van der Waals surface area contributed by atoms with Crippen molar-refractivity contribution in [3.8, 4) is 0 Å². The molecule has 1 atom stereocenters. The zero-order valence-electron chi connectivity index (χ0n) is 14.2. The van der Waals surface area contributed by atoms with Crippen LogP contribution in [0.1, 0.15) is 6.42 Å². The Morgan fingerprint density at radius 2 is 1.91 bits per heavy atom. The molecule has 2 saturated heterocycles. The van der Waals surface area contributed by atoms with E-state index in [4.69, 9.17) is 0 Å². The molecule has 2 rings (SSSR count). The van der Waals surface area contributed by atoms with Crippen molar-refractivity contribution >= 4 is 6.03 Å². The number of piperazine rings is 1. The molecule has 0 saturated carbocycles. The summed E-state index contributed by atoms with van der Waals surface area (Å²) in [6.07, 6.45) is -1.57. The van der Waals surface area contributed by atoms with Gasteiger partial charge in [-0.15, -0.1) is 0 Å². The molecule has 0 unspecified atom stereocenters. The van der Waals surface area contributed by atoms with Gasteiger partial charge in [0.1, 0.15) is 0 Å². The van der Waals surface area contributed by atoms with Crippen LogP contribution >= 0.6 is 0 Å². The molecule has 0 aromatic heterocycles. The van der Waals surface area contributed by atoms with Gasteiger partial charge in [0.15, 0.2) is 0 Å². The second-order valence-electron chi connectivity index (χ2n) is 6.62. The second kappa shape index (κ2) is 8.75. The highest BCUT2D eigenvalue weighted by Crippen LogP contribution is 2.07. The van der Waals surface area contributed by atoms with Crippen LogP contribution in [0.5, 0.6) is 0 Å². The van der Waals surface area contributed by atoms with E-state index in [-0.39, 0.29) is 12.6 Å². The van der Waals surface area contributed by atoms with Crippen molar-refractivity contribution in [3.63, 3.8) is 0 Å². The normalized spacial score (nSPS) is 25.6. The molecule has 0 aromatic carbocycles. The molecule has 0 aromatic rings. The number of carbonyl (C=O) groups is 1. The van der Waals surface area contributed by atoms with Gasteiger partial charge in [-0.25, -0.2) is 13.6 Å². The van der Waals surface area contributed by atoms with E-state index in [0.717, 1.165) is 26.1 Å². The standard InChI is InChI=1S/C15H29F2N5O/c1-19-6-7-20(2)13(11-19)10-18-15(23)22-5-3-4-21(8-9-22)12-14(16)17/h13-14H,3-12H2,1-2H3,(H,18,23)/t13-/m0/s1. The minimum atomic E-state index is -2.31.